The molecule has 74 valence electrons. The van der Waals surface area contributed by atoms with Crippen molar-refractivity contribution in [2.24, 2.45) is 5.11 Å². The Labute approximate surface area is 84.6 Å². The highest BCUT2D eigenvalue weighted by molar-refractivity contribution is 6.31. The van der Waals surface area contributed by atoms with Crippen LogP contribution in [-0.2, 0) is 0 Å². The average molecular weight is 216 g/mol. The van der Waals surface area contributed by atoms with E-state index in [9.17, 15) is 4.39 Å². The number of hydrogen-bond acceptors (Lipinski definition) is 2. The van der Waals surface area contributed by atoms with Gasteiger partial charge in [-0.25, -0.2) is 4.39 Å². The van der Waals surface area contributed by atoms with Crippen LogP contribution in [0.5, 0.6) is 0 Å². The number of rotatable bonds is 3. The summed E-state index contributed by atoms with van der Waals surface area (Å²) in [6, 6.07) is 3.12. The van der Waals surface area contributed by atoms with Gasteiger partial charge in [0.2, 0.25) is 0 Å². The lowest BCUT2D eigenvalue weighted by atomic mass is 10.1. The van der Waals surface area contributed by atoms with Crippen LogP contribution in [0, 0.1) is 5.82 Å². The van der Waals surface area contributed by atoms with Gasteiger partial charge in [-0.3, -0.25) is 0 Å². The van der Waals surface area contributed by atoms with Crippen molar-refractivity contribution in [1.29, 1.82) is 0 Å². The van der Waals surface area contributed by atoms with Gasteiger partial charge < -0.3 is 5.11 Å². The van der Waals surface area contributed by atoms with E-state index in [0.29, 0.717) is 0 Å². The normalized spacial score (nSPS) is 11.9. The van der Waals surface area contributed by atoms with Crippen LogP contribution in [0.15, 0.2) is 23.3 Å². The Morgan fingerprint density at radius 2 is 2.36 bits per heavy atom. The summed E-state index contributed by atoms with van der Waals surface area (Å²) in [6.07, 6.45) is 0. The molecule has 0 spiro atoms. The number of aliphatic hydroxyl groups is 1. The number of azide groups is 1. The van der Waals surface area contributed by atoms with Crippen molar-refractivity contribution in [1.82, 2.24) is 0 Å². The zero-order chi connectivity index (χ0) is 10.6. The molecule has 1 rings (SSSR count). The molecule has 1 aromatic carbocycles. The van der Waals surface area contributed by atoms with Gasteiger partial charge in [-0.1, -0.05) is 22.8 Å². The third-order valence-corrected chi connectivity index (χ3v) is 2.03. The average Bonchev–Trinajstić information content (AvgIpc) is 2.16. The number of benzene rings is 1. The van der Waals surface area contributed by atoms with E-state index in [2.05, 4.69) is 10.0 Å². The second-order valence-electron chi connectivity index (χ2n) is 2.54. The standard InChI is InChI=1S/C8H7ClFN3O/c9-5-2-1-3-6(10)8(5)7(4-14)12-13-11/h1-3,7,14H,4H2. The van der Waals surface area contributed by atoms with Gasteiger partial charge in [-0.15, -0.1) is 0 Å². The summed E-state index contributed by atoms with van der Waals surface area (Å²) in [5.41, 5.74) is 8.22. The number of halogens is 2. The molecule has 0 aliphatic carbocycles. The number of hydrogen-bond donors (Lipinski definition) is 1. The zero-order valence-corrected chi connectivity index (χ0v) is 7.82. The molecule has 1 N–H and O–H groups in total. The minimum atomic E-state index is -0.978. The Morgan fingerprint density at radius 3 is 2.86 bits per heavy atom. The zero-order valence-electron chi connectivity index (χ0n) is 7.06. The van der Waals surface area contributed by atoms with Gasteiger partial charge in [-0.05, 0) is 17.7 Å². The first kappa shape index (κ1) is 10.8. The van der Waals surface area contributed by atoms with Crippen LogP contribution >= 0.6 is 11.6 Å². The quantitative estimate of drug-likeness (QED) is 0.470. The van der Waals surface area contributed by atoms with Crippen LogP contribution in [0.25, 0.3) is 10.4 Å². The van der Waals surface area contributed by atoms with Crippen LogP contribution < -0.4 is 0 Å². The summed E-state index contributed by atoms with van der Waals surface area (Å²) >= 11 is 5.70. The van der Waals surface area contributed by atoms with Gasteiger partial charge in [0, 0.05) is 15.5 Å². The predicted octanol–water partition coefficient (Wildman–Crippen LogP) is 2.82. The Balaban J connectivity index is 3.21. The maximum atomic E-state index is 13.2. The highest BCUT2D eigenvalue weighted by Crippen LogP contribution is 2.27. The molecule has 6 heteroatoms. The van der Waals surface area contributed by atoms with Crippen LogP contribution in [0.2, 0.25) is 5.02 Å². The molecule has 1 aromatic rings. The molecule has 0 aliphatic rings. The van der Waals surface area contributed by atoms with Crippen molar-refractivity contribution in [3.63, 3.8) is 0 Å². The minimum absolute atomic E-state index is 0.0227. The fourth-order valence-corrected chi connectivity index (χ4v) is 1.37. The van der Waals surface area contributed by atoms with Gasteiger partial charge >= 0.3 is 0 Å². The number of nitrogens with zero attached hydrogens (tertiary/aromatic N) is 3. The SMILES string of the molecule is [N-]=[N+]=NC(CO)c1c(F)cccc1Cl. The van der Waals surface area contributed by atoms with Gasteiger partial charge in [0.15, 0.2) is 0 Å². The molecule has 0 amide bonds. The highest BCUT2D eigenvalue weighted by Gasteiger charge is 2.16. The molecule has 4 nitrogen and oxygen atoms in total. The minimum Gasteiger partial charge on any atom is -0.396 e. The molecule has 0 radical (unpaired) electrons. The molecular formula is C8H7ClFN3O. The first-order valence-corrected chi connectivity index (χ1v) is 4.17. The Morgan fingerprint density at radius 1 is 1.64 bits per heavy atom. The largest absolute Gasteiger partial charge is 0.396 e. The molecule has 0 heterocycles. The molecule has 0 aromatic heterocycles. The highest BCUT2D eigenvalue weighted by atomic mass is 35.5. The Kier molecular flexibility index (Phi) is 3.71. The summed E-state index contributed by atoms with van der Waals surface area (Å²) in [5.74, 6) is -0.594. The topological polar surface area (TPSA) is 69.0 Å². The lowest BCUT2D eigenvalue weighted by Crippen LogP contribution is -2.03. The van der Waals surface area contributed by atoms with Gasteiger partial charge in [0.25, 0.3) is 0 Å². The van der Waals surface area contributed by atoms with E-state index in [1.807, 2.05) is 0 Å². The fraction of sp³-hybridized carbons (Fsp3) is 0.250. The summed E-state index contributed by atoms with van der Waals surface area (Å²) in [6.45, 7) is -0.481. The van der Waals surface area contributed by atoms with Gasteiger partial charge in [0.05, 0.1) is 12.6 Å². The van der Waals surface area contributed by atoms with Gasteiger partial charge in [-0.2, -0.15) is 0 Å². The molecule has 14 heavy (non-hydrogen) atoms. The second-order valence-corrected chi connectivity index (χ2v) is 2.95. The van der Waals surface area contributed by atoms with Crippen molar-refractivity contribution in [3.8, 4) is 0 Å². The molecule has 0 bridgehead atoms. The van der Waals surface area contributed by atoms with E-state index < -0.39 is 18.5 Å². The van der Waals surface area contributed by atoms with E-state index in [1.165, 1.54) is 18.2 Å². The maximum absolute atomic E-state index is 13.2. The van der Waals surface area contributed by atoms with E-state index in [4.69, 9.17) is 22.2 Å². The predicted molar refractivity (Wildman–Crippen MR) is 50.4 cm³/mol. The summed E-state index contributed by atoms with van der Waals surface area (Å²) < 4.78 is 13.2. The lowest BCUT2D eigenvalue weighted by molar-refractivity contribution is 0.265. The molecule has 0 aliphatic heterocycles. The number of aliphatic hydroxyl groups excluding tert-OH is 1. The van der Waals surface area contributed by atoms with Crippen LogP contribution in [0.3, 0.4) is 0 Å². The Hall–Kier alpha value is -1.29. The Bertz CT molecular complexity index is 359. The third-order valence-electron chi connectivity index (χ3n) is 1.70. The van der Waals surface area contributed by atoms with E-state index in [0.717, 1.165) is 0 Å². The molecule has 0 saturated heterocycles. The van der Waals surface area contributed by atoms with Crippen LogP contribution in [-0.4, -0.2) is 11.7 Å². The van der Waals surface area contributed by atoms with Crippen molar-refractivity contribution in [3.05, 3.63) is 45.0 Å². The smallest absolute Gasteiger partial charge is 0.128 e. The monoisotopic (exact) mass is 215 g/mol. The van der Waals surface area contributed by atoms with Gasteiger partial charge in [0.1, 0.15) is 5.82 Å². The fourth-order valence-electron chi connectivity index (χ4n) is 1.08. The van der Waals surface area contributed by atoms with Crippen molar-refractivity contribution in [2.45, 2.75) is 6.04 Å². The summed E-state index contributed by atoms with van der Waals surface area (Å²) in [5, 5.41) is 12.2. The molecule has 1 unspecified atom stereocenters. The van der Waals surface area contributed by atoms with E-state index in [1.54, 1.807) is 0 Å². The van der Waals surface area contributed by atoms with Crippen molar-refractivity contribution < 1.29 is 9.50 Å². The summed E-state index contributed by atoms with van der Waals surface area (Å²) in [4.78, 5) is 2.51. The van der Waals surface area contributed by atoms with Crippen molar-refractivity contribution >= 4 is 11.6 Å². The second kappa shape index (κ2) is 4.81. The molecular weight excluding hydrogens is 209 g/mol. The van der Waals surface area contributed by atoms with Crippen molar-refractivity contribution in [2.75, 3.05) is 6.61 Å². The first-order valence-electron chi connectivity index (χ1n) is 3.79. The van der Waals surface area contributed by atoms with Crippen LogP contribution in [0.4, 0.5) is 4.39 Å². The summed E-state index contributed by atoms with van der Waals surface area (Å²) in [7, 11) is 0. The molecule has 0 saturated carbocycles. The molecule has 0 fully saturated rings. The lowest BCUT2D eigenvalue weighted by Gasteiger charge is -2.10. The third kappa shape index (κ3) is 2.14. The van der Waals surface area contributed by atoms with E-state index >= 15 is 0 Å². The molecule has 1 atom stereocenters. The van der Waals surface area contributed by atoms with E-state index in [-0.39, 0.29) is 10.6 Å². The van der Waals surface area contributed by atoms with Crippen LogP contribution in [0.1, 0.15) is 11.6 Å². The maximum Gasteiger partial charge on any atom is 0.128 e. The first-order chi connectivity index (χ1) is 6.70.